The summed E-state index contributed by atoms with van der Waals surface area (Å²) in [6.07, 6.45) is 20.5. The summed E-state index contributed by atoms with van der Waals surface area (Å²) in [5, 5.41) is 34.9. The minimum atomic E-state index is -1.24. The minimum Gasteiger partial charge on any atom is -0.508 e. The monoisotopic (exact) mass is 710 g/mol. The number of benzene rings is 1. The number of carbonyl (C=O) groups excluding carboxylic acids is 1. The van der Waals surface area contributed by atoms with E-state index in [-0.39, 0.29) is 55.1 Å². The van der Waals surface area contributed by atoms with Crippen molar-refractivity contribution in [2.24, 2.45) is 22.9 Å². The van der Waals surface area contributed by atoms with Crippen LogP contribution in [0.4, 0.5) is 0 Å². The zero-order valence-electron chi connectivity index (χ0n) is 31.7. The largest absolute Gasteiger partial charge is 0.508 e. The Bertz CT molecular complexity index is 1300. The van der Waals surface area contributed by atoms with Crippen LogP contribution in [-0.2, 0) is 14.4 Å². The number of aliphatic hydroxyl groups is 2. The second-order valence-corrected chi connectivity index (χ2v) is 14.8. The Morgan fingerprint density at radius 2 is 1.69 bits per heavy atom. The van der Waals surface area contributed by atoms with E-state index >= 15 is 0 Å². The van der Waals surface area contributed by atoms with E-state index in [1.54, 1.807) is 12.1 Å². The van der Waals surface area contributed by atoms with Crippen LogP contribution < -0.4 is 4.74 Å². The highest BCUT2D eigenvalue weighted by Gasteiger charge is 2.65. The van der Waals surface area contributed by atoms with Crippen molar-refractivity contribution in [3.05, 3.63) is 48.1 Å². The van der Waals surface area contributed by atoms with Crippen LogP contribution >= 0.6 is 0 Å². The molecule has 1 amide bonds. The number of unbranched alkanes of at least 4 members (excludes halogenated alkanes) is 10. The lowest BCUT2D eigenvalue weighted by atomic mass is 9.55. The number of amides is 1. The van der Waals surface area contributed by atoms with Gasteiger partial charge in [0.25, 0.3) is 0 Å². The molecule has 0 bridgehead atoms. The highest BCUT2D eigenvalue weighted by Crippen LogP contribution is 2.61. The Balaban J connectivity index is 1.74. The third-order valence-corrected chi connectivity index (χ3v) is 11.3. The molecule has 0 radical (unpaired) electrons. The molecule has 1 heterocycles. The quantitative estimate of drug-likeness (QED) is 0.0560. The molecule has 51 heavy (non-hydrogen) atoms. The molecule has 2 aliphatic carbocycles. The Hall–Kier alpha value is -2.88. The number of aromatic hydroxyl groups is 1. The lowest BCUT2D eigenvalue weighted by Gasteiger charge is -2.59. The minimum absolute atomic E-state index is 0.0570. The molecule has 0 aromatic heterocycles. The number of phenols is 1. The number of nitrogens with zero attached hydrogens (tertiary/aromatic N) is 2. The zero-order chi connectivity index (χ0) is 36.6. The van der Waals surface area contributed by atoms with Gasteiger partial charge in [0.05, 0.1) is 18.2 Å². The van der Waals surface area contributed by atoms with Crippen molar-refractivity contribution in [3.63, 3.8) is 0 Å². The molecule has 9 heteroatoms. The fourth-order valence-electron chi connectivity index (χ4n) is 8.82. The van der Waals surface area contributed by atoms with Gasteiger partial charge >= 0.3 is 0 Å². The maximum absolute atomic E-state index is 14.1. The van der Waals surface area contributed by atoms with Gasteiger partial charge in [0.2, 0.25) is 11.7 Å². The first-order chi connectivity index (χ1) is 24.9. The molecule has 4 rings (SSSR count). The Kier molecular flexibility index (Phi) is 16.8. The Morgan fingerprint density at radius 3 is 2.35 bits per heavy atom. The van der Waals surface area contributed by atoms with Crippen molar-refractivity contribution in [3.8, 4) is 11.5 Å². The number of phenolic OH excluding ortho intramolecular Hbond substituents is 1. The number of hydrogen-bond donors (Lipinski definition) is 3. The number of carbonyl (C=O) groups is 1. The van der Waals surface area contributed by atoms with Gasteiger partial charge in [-0.15, -0.1) is 6.58 Å². The number of hydrogen-bond acceptors (Lipinski definition) is 8. The molecule has 1 aliphatic heterocycles. The van der Waals surface area contributed by atoms with Crippen LogP contribution in [0.2, 0.25) is 0 Å². The highest BCUT2D eigenvalue weighted by molar-refractivity contribution is 6.03. The molecular formula is C42H66N2O7. The van der Waals surface area contributed by atoms with Crippen LogP contribution in [0.5, 0.6) is 11.5 Å². The molecule has 0 unspecified atom stereocenters. The molecule has 1 fully saturated rings. The molecule has 0 saturated heterocycles. The summed E-state index contributed by atoms with van der Waals surface area (Å²) in [5.41, 5.74) is 2.73. The number of likely N-dealkylation sites (N-methyl/N-ethyl adjacent to an activating group) is 1. The second-order valence-electron chi connectivity index (χ2n) is 14.8. The van der Waals surface area contributed by atoms with E-state index in [0.717, 1.165) is 68.2 Å². The number of rotatable bonds is 24. The van der Waals surface area contributed by atoms with Gasteiger partial charge in [-0.3, -0.25) is 4.79 Å². The summed E-state index contributed by atoms with van der Waals surface area (Å²) in [7, 11) is 1.87. The SMILES string of the molecule is C=CCO[C@@]12Oc3ccc(O)cc3[C@H]3[C@H](CCCCO)[C@@H](CCCCO)C=C(C(=NOCC)C[C@@H]1N(C)C(=O)CCCCCCCCCCC)[C@H]32. The van der Waals surface area contributed by atoms with Crippen molar-refractivity contribution in [2.45, 2.75) is 141 Å². The van der Waals surface area contributed by atoms with Crippen LogP contribution in [0, 0.1) is 17.8 Å². The summed E-state index contributed by atoms with van der Waals surface area (Å²) >= 11 is 0. The molecule has 0 spiro atoms. The van der Waals surface area contributed by atoms with Crippen molar-refractivity contribution in [1.29, 1.82) is 0 Å². The normalized spacial score (nSPS) is 25.8. The number of allylic oxidation sites excluding steroid dienone is 1. The predicted octanol–water partition coefficient (Wildman–Crippen LogP) is 8.43. The molecule has 1 saturated carbocycles. The third kappa shape index (κ3) is 10.2. The lowest BCUT2D eigenvalue weighted by Crippen LogP contribution is -2.69. The second kappa shape index (κ2) is 21.0. The topological polar surface area (TPSA) is 121 Å². The van der Waals surface area contributed by atoms with Crippen molar-refractivity contribution < 1.29 is 34.4 Å². The fourth-order valence-corrected chi connectivity index (χ4v) is 8.82. The van der Waals surface area contributed by atoms with Crippen LogP contribution in [0.3, 0.4) is 0 Å². The average molecular weight is 711 g/mol. The van der Waals surface area contributed by atoms with E-state index in [2.05, 4.69) is 19.6 Å². The fraction of sp³-hybridized carbons (Fsp3) is 0.714. The summed E-state index contributed by atoms with van der Waals surface area (Å²) in [6, 6.07) is 4.80. The number of fused-ring (bicyclic) bond motifs is 2. The van der Waals surface area contributed by atoms with Gasteiger partial charge in [-0.1, -0.05) is 88.4 Å². The van der Waals surface area contributed by atoms with Crippen molar-refractivity contribution in [2.75, 3.05) is 33.5 Å². The average Bonchev–Trinajstić information content (AvgIpc) is 3.13. The van der Waals surface area contributed by atoms with Gasteiger partial charge < -0.3 is 34.5 Å². The summed E-state index contributed by atoms with van der Waals surface area (Å²) in [4.78, 5) is 21.7. The first-order valence-corrected chi connectivity index (χ1v) is 20.0. The molecular weight excluding hydrogens is 644 g/mol. The number of oxime groups is 1. The first-order valence-electron chi connectivity index (χ1n) is 20.0. The van der Waals surface area contributed by atoms with E-state index < -0.39 is 11.8 Å². The van der Waals surface area contributed by atoms with Crippen molar-refractivity contribution in [1.82, 2.24) is 4.90 Å². The molecule has 286 valence electrons. The van der Waals surface area contributed by atoms with E-state index in [1.165, 1.54) is 38.5 Å². The lowest BCUT2D eigenvalue weighted by molar-refractivity contribution is -0.255. The third-order valence-electron chi connectivity index (χ3n) is 11.3. The zero-order valence-corrected chi connectivity index (χ0v) is 31.7. The van der Waals surface area contributed by atoms with Gasteiger partial charge in [0, 0.05) is 44.6 Å². The molecule has 3 aliphatic rings. The maximum Gasteiger partial charge on any atom is 0.239 e. The molecule has 3 N–H and O–H groups in total. The van der Waals surface area contributed by atoms with Crippen molar-refractivity contribution >= 4 is 11.6 Å². The van der Waals surface area contributed by atoms with Crippen LogP contribution in [-0.4, -0.2) is 77.1 Å². The van der Waals surface area contributed by atoms with Gasteiger partial charge in [-0.25, -0.2) is 0 Å². The first kappa shape index (κ1) is 40.9. The highest BCUT2D eigenvalue weighted by atomic mass is 16.7. The Labute approximate surface area is 307 Å². The molecule has 6 atom stereocenters. The number of aliphatic hydroxyl groups excluding tert-OH is 2. The molecule has 1 aromatic rings. The maximum atomic E-state index is 14.1. The van der Waals surface area contributed by atoms with Gasteiger partial charge in [-0.05, 0) is 74.6 Å². The predicted molar refractivity (Wildman–Crippen MR) is 203 cm³/mol. The molecule has 9 nitrogen and oxygen atoms in total. The smallest absolute Gasteiger partial charge is 0.239 e. The summed E-state index contributed by atoms with van der Waals surface area (Å²) in [5.74, 6) is -0.546. The van der Waals surface area contributed by atoms with Gasteiger partial charge in [-0.2, -0.15) is 0 Å². The number of ether oxygens (including phenoxy) is 2. The molecule has 1 aromatic carbocycles. The van der Waals surface area contributed by atoms with Gasteiger partial charge in [0.15, 0.2) is 0 Å². The standard InChI is InChI=1S/C42H66N2O7/c1-5-8-9-10-11-12-13-14-15-22-39(48)44(4)38-30-36(43-50-7-3)34-28-31(20-16-18-25-45)33(21-17-19-26-46)40-35-29-32(47)23-24-37(35)51-42(38,41(34)40)49-27-6-2/h6,23-24,28-29,31,33,38,40-41,45-47H,2,5,7-22,25-27,30H2,1,3-4H3/t31-,33+,38-,40+,41+,42+/m0/s1. The van der Waals surface area contributed by atoms with E-state index in [1.807, 2.05) is 31.0 Å². The van der Waals surface area contributed by atoms with E-state index in [4.69, 9.17) is 19.5 Å². The summed E-state index contributed by atoms with van der Waals surface area (Å²) in [6.45, 7) is 9.05. The van der Waals surface area contributed by atoms with Crippen LogP contribution in [0.25, 0.3) is 0 Å². The van der Waals surface area contributed by atoms with Crippen LogP contribution in [0.15, 0.2) is 47.7 Å². The van der Waals surface area contributed by atoms with E-state index in [0.29, 0.717) is 31.6 Å². The van der Waals surface area contributed by atoms with E-state index in [9.17, 15) is 20.1 Å². The van der Waals surface area contributed by atoms with Crippen LogP contribution in [0.1, 0.15) is 134 Å². The Morgan fingerprint density at radius 1 is 1.00 bits per heavy atom. The summed E-state index contributed by atoms with van der Waals surface area (Å²) < 4.78 is 14.0. The van der Waals surface area contributed by atoms with Gasteiger partial charge in [0.1, 0.15) is 24.1 Å².